The first kappa shape index (κ1) is 22.2. The molecule has 0 aliphatic heterocycles. The van der Waals surface area contributed by atoms with Crippen molar-refractivity contribution in [2.24, 2.45) is 5.10 Å². The number of hydrazone groups is 1. The van der Waals surface area contributed by atoms with Gasteiger partial charge in [-0.15, -0.1) is 0 Å². The van der Waals surface area contributed by atoms with Gasteiger partial charge in [-0.2, -0.15) is 5.10 Å². The summed E-state index contributed by atoms with van der Waals surface area (Å²) >= 11 is 9.42. The van der Waals surface area contributed by atoms with Crippen molar-refractivity contribution < 1.29 is 17.9 Å². The molecule has 0 saturated heterocycles. The van der Waals surface area contributed by atoms with Gasteiger partial charge in [0, 0.05) is 4.47 Å². The van der Waals surface area contributed by atoms with Crippen molar-refractivity contribution in [3.05, 3.63) is 57.5 Å². The van der Waals surface area contributed by atoms with Crippen molar-refractivity contribution in [3.63, 3.8) is 0 Å². The van der Waals surface area contributed by atoms with Crippen molar-refractivity contribution >= 4 is 54.9 Å². The van der Waals surface area contributed by atoms with Crippen LogP contribution in [0.15, 0.2) is 52.0 Å². The molecular formula is C18H19BrClN3O4S. The van der Waals surface area contributed by atoms with E-state index >= 15 is 0 Å². The van der Waals surface area contributed by atoms with Gasteiger partial charge in [0.05, 0.1) is 29.8 Å². The lowest BCUT2D eigenvalue weighted by molar-refractivity contribution is -0.119. The van der Waals surface area contributed by atoms with Gasteiger partial charge in [-0.25, -0.2) is 13.8 Å². The van der Waals surface area contributed by atoms with Crippen LogP contribution in [-0.2, 0) is 14.8 Å². The molecule has 2 aromatic rings. The molecule has 1 amide bonds. The highest BCUT2D eigenvalue weighted by molar-refractivity contribution is 9.10. The highest BCUT2D eigenvalue weighted by atomic mass is 79.9. The van der Waals surface area contributed by atoms with Crippen LogP contribution in [0.5, 0.6) is 5.75 Å². The number of methoxy groups -OCH3 is 1. The van der Waals surface area contributed by atoms with E-state index in [9.17, 15) is 13.2 Å². The summed E-state index contributed by atoms with van der Waals surface area (Å²) in [6, 6.07) is 11.9. The quantitative estimate of drug-likeness (QED) is 0.478. The molecular weight excluding hydrogens is 470 g/mol. The van der Waals surface area contributed by atoms with E-state index in [4.69, 9.17) is 16.3 Å². The Labute approximate surface area is 177 Å². The summed E-state index contributed by atoms with van der Waals surface area (Å²) in [7, 11) is -2.27. The van der Waals surface area contributed by atoms with Gasteiger partial charge in [0.1, 0.15) is 12.3 Å². The molecule has 0 saturated carbocycles. The third kappa shape index (κ3) is 5.95. The van der Waals surface area contributed by atoms with E-state index < -0.39 is 22.5 Å². The van der Waals surface area contributed by atoms with Gasteiger partial charge >= 0.3 is 0 Å². The second kappa shape index (κ2) is 9.40. The maximum atomic E-state index is 12.3. The van der Waals surface area contributed by atoms with Crippen LogP contribution < -0.4 is 14.5 Å². The number of sulfonamides is 1. The monoisotopic (exact) mass is 487 g/mol. The van der Waals surface area contributed by atoms with E-state index in [2.05, 4.69) is 26.5 Å². The van der Waals surface area contributed by atoms with Gasteiger partial charge in [-0.05, 0) is 42.8 Å². The zero-order valence-electron chi connectivity index (χ0n) is 15.4. The summed E-state index contributed by atoms with van der Waals surface area (Å²) in [5.41, 5.74) is 4.03. The Bertz CT molecular complexity index is 994. The van der Waals surface area contributed by atoms with Crippen LogP contribution in [0, 0.1) is 0 Å². The Balaban J connectivity index is 2.16. The fraction of sp³-hybridized carbons (Fsp3) is 0.222. The van der Waals surface area contributed by atoms with Crippen molar-refractivity contribution in [2.45, 2.75) is 6.92 Å². The first-order valence-corrected chi connectivity index (χ1v) is 11.0. The molecule has 0 spiro atoms. The summed E-state index contributed by atoms with van der Waals surface area (Å²) in [6.07, 6.45) is 1.01. The van der Waals surface area contributed by atoms with Gasteiger partial charge in [-0.3, -0.25) is 9.10 Å². The number of carbonyl (C=O) groups is 1. The van der Waals surface area contributed by atoms with E-state index in [1.165, 1.54) is 25.3 Å². The van der Waals surface area contributed by atoms with Crippen molar-refractivity contribution in [1.82, 2.24) is 5.43 Å². The molecule has 10 heteroatoms. The lowest BCUT2D eigenvalue weighted by Gasteiger charge is -2.22. The summed E-state index contributed by atoms with van der Waals surface area (Å²) < 4.78 is 31.2. The second-order valence-electron chi connectivity index (χ2n) is 5.83. The average Bonchev–Trinajstić information content (AvgIpc) is 2.63. The Morgan fingerprint density at radius 3 is 2.43 bits per heavy atom. The fourth-order valence-corrected chi connectivity index (χ4v) is 3.64. The molecule has 7 nitrogen and oxygen atoms in total. The maximum Gasteiger partial charge on any atom is 0.260 e. The van der Waals surface area contributed by atoms with E-state index in [0.29, 0.717) is 11.5 Å². The SMILES string of the molecule is COc1ccc(N(CC(=O)N/N=C(/C)c2ccc(Br)cc2)S(C)(=O)=O)cc1Cl. The predicted molar refractivity (Wildman–Crippen MR) is 115 cm³/mol. The summed E-state index contributed by atoms with van der Waals surface area (Å²) in [5.74, 6) is -0.188. The van der Waals surface area contributed by atoms with Gasteiger partial charge < -0.3 is 4.74 Å². The Kier molecular flexibility index (Phi) is 7.45. The van der Waals surface area contributed by atoms with E-state index in [-0.39, 0.29) is 10.7 Å². The van der Waals surface area contributed by atoms with Crippen LogP contribution in [0.25, 0.3) is 0 Å². The van der Waals surface area contributed by atoms with Gasteiger partial charge in [0.15, 0.2) is 0 Å². The Morgan fingerprint density at radius 1 is 1.25 bits per heavy atom. The van der Waals surface area contributed by atoms with E-state index in [0.717, 1.165) is 20.6 Å². The number of carbonyl (C=O) groups excluding carboxylic acids is 1. The molecule has 0 heterocycles. The molecule has 0 unspecified atom stereocenters. The number of nitrogens with one attached hydrogen (secondary N) is 1. The Morgan fingerprint density at radius 2 is 1.89 bits per heavy atom. The number of nitrogens with zero attached hydrogens (tertiary/aromatic N) is 2. The van der Waals surface area contributed by atoms with Crippen molar-refractivity contribution in [1.29, 1.82) is 0 Å². The minimum atomic E-state index is -3.73. The zero-order chi connectivity index (χ0) is 20.9. The minimum absolute atomic E-state index is 0.234. The summed E-state index contributed by atoms with van der Waals surface area (Å²) in [4.78, 5) is 12.3. The molecule has 0 atom stereocenters. The third-order valence-electron chi connectivity index (χ3n) is 3.72. The van der Waals surface area contributed by atoms with Crippen LogP contribution in [0.1, 0.15) is 12.5 Å². The van der Waals surface area contributed by atoms with Crippen LogP contribution in [0.4, 0.5) is 5.69 Å². The smallest absolute Gasteiger partial charge is 0.260 e. The van der Waals surface area contributed by atoms with E-state index in [1.54, 1.807) is 6.92 Å². The lowest BCUT2D eigenvalue weighted by atomic mass is 10.1. The number of hydrogen-bond donors (Lipinski definition) is 1. The van der Waals surface area contributed by atoms with Crippen LogP contribution >= 0.6 is 27.5 Å². The number of benzene rings is 2. The molecule has 0 bridgehead atoms. The maximum absolute atomic E-state index is 12.3. The second-order valence-corrected chi connectivity index (χ2v) is 9.06. The Hall–Kier alpha value is -2.10. The molecule has 2 aromatic carbocycles. The topological polar surface area (TPSA) is 88.1 Å². The number of rotatable bonds is 7. The van der Waals surface area contributed by atoms with Gasteiger partial charge in [-0.1, -0.05) is 39.7 Å². The van der Waals surface area contributed by atoms with E-state index in [1.807, 2.05) is 24.3 Å². The molecule has 0 aliphatic rings. The van der Waals surface area contributed by atoms with Crippen LogP contribution in [-0.4, -0.2) is 39.9 Å². The molecule has 150 valence electrons. The largest absolute Gasteiger partial charge is 0.495 e. The van der Waals surface area contributed by atoms with Gasteiger partial charge in [0.2, 0.25) is 10.0 Å². The molecule has 28 heavy (non-hydrogen) atoms. The lowest BCUT2D eigenvalue weighted by Crippen LogP contribution is -2.39. The van der Waals surface area contributed by atoms with Crippen LogP contribution in [0.2, 0.25) is 5.02 Å². The molecule has 2 rings (SSSR count). The highest BCUT2D eigenvalue weighted by Gasteiger charge is 2.21. The summed E-state index contributed by atoms with van der Waals surface area (Å²) in [5, 5.41) is 4.27. The number of ether oxygens (including phenoxy) is 1. The van der Waals surface area contributed by atoms with Crippen molar-refractivity contribution in [2.75, 3.05) is 24.2 Å². The first-order valence-electron chi connectivity index (χ1n) is 8.02. The fourth-order valence-electron chi connectivity index (χ4n) is 2.28. The highest BCUT2D eigenvalue weighted by Crippen LogP contribution is 2.30. The molecule has 0 aromatic heterocycles. The molecule has 0 aliphatic carbocycles. The molecule has 1 N–H and O–H groups in total. The zero-order valence-corrected chi connectivity index (χ0v) is 18.6. The predicted octanol–water partition coefficient (Wildman–Crippen LogP) is 3.42. The molecule has 0 radical (unpaired) electrons. The molecule has 0 fully saturated rings. The third-order valence-corrected chi connectivity index (χ3v) is 5.69. The number of amides is 1. The summed E-state index contributed by atoms with van der Waals surface area (Å²) in [6.45, 7) is 1.29. The number of anilines is 1. The van der Waals surface area contributed by atoms with Crippen LogP contribution in [0.3, 0.4) is 0 Å². The normalized spacial score (nSPS) is 11.8. The van der Waals surface area contributed by atoms with Crippen molar-refractivity contribution in [3.8, 4) is 5.75 Å². The first-order chi connectivity index (χ1) is 13.1. The number of hydrogen-bond acceptors (Lipinski definition) is 5. The van der Waals surface area contributed by atoms with Gasteiger partial charge in [0.25, 0.3) is 5.91 Å². The minimum Gasteiger partial charge on any atom is -0.495 e. The standard InChI is InChI=1S/C18H19BrClN3O4S/c1-12(13-4-6-14(19)7-5-13)21-22-18(24)11-23(28(3,25)26)15-8-9-17(27-2)16(20)10-15/h4-10H,11H2,1-3H3,(H,22,24)/b21-12-. The number of halogens is 2. The average molecular weight is 489 g/mol.